The Labute approximate surface area is 429 Å². The van der Waals surface area contributed by atoms with Crippen LogP contribution in [-0.2, 0) is 85.8 Å². The smallest absolute Gasteiger partial charge is 0.344 e. The molecule has 0 amide bonds. The number of carbonyl (C=O) groups excluding carboxylic acids is 9. The van der Waals surface area contributed by atoms with Gasteiger partial charge in [-0.05, 0) is 120 Å². The lowest BCUT2D eigenvalue weighted by atomic mass is 9.64. The molecule has 9 rings (SSSR count). The largest absolute Gasteiger partial charge is 0.458 e. The summed E-state index contributed by atoms with van der Waals surface area (Å²) >= 11 is 0. The summed E-state index contributed by atoms with van der Waals surface area (Å²) in [4.78, 5) is 109. The van der Waals surface area contributed by atoms with E-state index < -0.39 is 113 Å². The molecule has 0 aromatic rings. The Morgan fingerprint density at radius 2 is 0.959 bits per heavy atom. The summed E-state index contributed by atoms with van der Waals surface area (Å²) in [6.45, 7) is 29.1. The fourth-order valence-corrected chi connectivity index (χ4v) is 14.0. The summed E-state index contributed by atoms with van der Waals surface area (Å²) in [6.07, 6.45) is 3.75. The predicted molar refractivity (Wildman–Crippen MR) is 256 cm³/mol. The summed E-state index contributed by atoms with van der Waals surface area (Å²) in [6, 6.07) is 0. The third-order valence-electron chi connectivity index (χ3n) is 20.2. The average Bonchev–Trinajstić information content (AvgIpc) is 4.11. The maximum Gasteiger partial charge on any atom is 0.344 e. The van der Waals surface area contributed by atoms with Crippen molar-refractivity contribution in [3.63, 3.8) is 0 Å². The minimum atomic E-state index is -0.630. The second kappa shape index (κ2) is 18.2. The molecule has 9 fully saturated rings. The highest BCUT2D eigenvalue weighted by Gasteiger charge is 2.80. The predicted octanol–water partition coefficient (Wildman–Crippen LogP) is 7.11. The first-order valence-electron chi connectivity index (χ1n) is 26.2. The Hall–Kier alpha value is -4.77. The van der Waals surface area contributed by atoms with Gasteiger partial charge in [-0.15, -0.1) is 0 Å². The maximum atomic E-state index is 12.3. The highest BCUT2D eigenvalue weighted by Crippen LogP contribution is 2.75. The van der Waals surface area contributed by atoms with Gasteiger partial charge in [-0.3, -0.25) is 28.8 Å². The van der Waals surface area contributed by atoms with Crippen molar-refractivity contribution >= 4 is 53.7 Å². The van der Waals surface area contributed by atoms with Crippen LogP contribution in [-0.4, -0.2) is 110 Å². The average molecular weight is 1030 g/mol. The summed E-state index contributed by atoms with van der Waals surface area (Å²) in [5.41, 5.74) is -4.43. The molecule has 6 saturated carbocycles. The number of fused-ring (bicyclic) bond motifs is 3. The summed E-state index contributed by atoms with van der Waals surface area (Å²) in [5, 5.41) is 0. The lowest BCUT2D eigenvalue weighted by Crippen LogP contribution is -2.48. The standard InChI is InChI=1S/C19H28O6.2C18H26O6/c1-7-16(2,3)14(21)23-8-11(20)24-12-13-18(5)9-17(12,4)10-19(18,6)15(22)25-13;1-6-16(2,3)14(20)22-8-11(19)23-13-12-10-7-17(13,4)9-18(10,5)15(21)24-12;1-6-16(2,3)14(20)22-9-11(19)23-12-10-7-17(4)13(12)24-15(21)18(17,5)8-10/h12-13H,7-10H2,1-6H3;2*10,12-13H,6-9H2,1-5H3. The van der Waals surface area contributed by atoms with Crippen molar-refractivity contribution in [1.82, 2.24) is 0 Å². The summed E-state index contributed by atoms with van der Waals surface area (Å²) in [5.74, 6) is -3.34. The van der Waals surface area contributed by atoms with Gasteiger partial charge < -0.3 is 42.6 Å². The fourth-order valence-electron chi connectivity index (χ4n) is 14.0. The maximum absolute atomic E-state index is 12.3. The normalized spacial score (nSPS) is 40.4. The van der Waals surface area contributed by atoms with E-state index in [9.17, 15) is 43.2 Å². The van der Waals surface area contributed by atoms with Gasteiger partial charge in [0.1, 0.15) is 36.6 Å². The van der Waals surface area contributed by atoms with E-state index in [0.717, 1.165) is 19.3 Å². The van der Waals surface area contributed by atoms with Crippen LogP contribution in [0.2, 0.25) is 0 Å². The van der Waals surface area contributed by atoms with Crippen molar-refractivity contribution in [3.05, 3.63) is 0 Å². The topological polar surface area (TPSA) is 237 Å². The van der Waals surface area contributed by atoms with Crippen LogP contribution in [0.3, 0.4) is 0 Å². The highest BCUT2D eigenvalue weighted by atomic mass is 16.6. The monoisotopic (exact) mass is 1030 g/mol. The van der Waals surface area contributed by atoms with Crippen LogP contribution in [0.25, 0.3) is 0 Å². The Morgan fingerprint density at radius 3 is 1.45 bits per heavy atom. The SMILES string of the molecule is CCC(C)(C)C(=O)OCC(=O)OC1C2CC3(C)C(=O)OC1C3(C)C2.CCC(C)(C)C(=O)OCC(=O)OC1C2OC(=O)C3(C)CC1(C)CC23.CCC(C)(C)C(=O)OCC(=O)OC1C2OC(=O)C3(C)CC1(C)CC23C. The van der Waals surface area contributed by atoms with E-state index in [-0.39, 0.29) is 63.6 Å². The molecule has 3 aliphatic heterocycles. The van der Waals surface area contributed by atoms with Crippen LogP contribution in [0.5, 0.6) is 0 Å². The lowest BCUT2D eigenvalue weighted by molar-refractivity contribution is -0.177. The van der Waals surface area contributed by atoms with Crippen LogP contribution in [0.4, 0.5) is 0 Å². The molecule has 0 N–H and O–H groups in total. The van der Waals surface area contributed by atoms with Crippen molar-refractivity contribution in [1.29, 1.82) is 0 Å². The molecular weight excluding hydrogens is 949 g/mol. The zero-order valence-electron chi connectivity index (χ0n) is 46.0. The van der Waals surface area contributed by atoms with Crippen LogP contribution in [0, 0.1) is 66.0 Å². The fraction of sp³-hybridized carbons (Fsp3) is 0.836. The van der Waals surface area contributed by atoms with E-state index in [1.165, 1.54) is 0 Å². The third kappa shape index (κ3) is 8.81. The first-order valence-corrected chi connectivity index (χ1v) is 26.2. The van der Waals surface area contributed by atoms with Crippen LogP contribution >= 0.6 is 0 Å². The number of rotatable bonds is 15. The minimum Gasteiger partial charge on any atom is -0.458 e. The van der Waals surface area contributed by atoms with Gasteiger partial charge in [0, 0.05) is 33.5 Å². The molecule has 18 nitrogen and oxygen atoms in total. The number of esters is 9. The number of hydrogen-bond acceptors (Lipinski definition) is 18. The molecule has 6 aliphatic carbocycles. The molecule has 3 heterocycles. The van der Waals surface area contributed by atoms with Crippen LogP contribution in [0.1, 0.15) is 169 Å². The van der Waals surface area contributed by atoms with E-state index in [0.29, 0.717) is 38.5 Å². The van der Waals surface area contributed by atoms with Crippen LogP contribution < -0.4 is 0 Å². The van der Waals surface area contributed by atoms with E-state index in [1.807, 2.05) is 69.2 Å². The van der Waals surface area contributed by atoms with Gasteiger partial charge in [0.2, 0.25) is 0 Å². The van der Waals surface area contributed by atoms with Gasteiger partial charge in [-0.2, -0.15) is 0 Å². The van der Waals surface area contributed by atoms with Crippen molar-refractivity contribution in [2.24, 2.45) is 66.0 Å². The first-order chi connectivity index (χ1) is 33.5. The molecule has 9 aliphatic rings. The molecule has 15 unspecified atom stereocenters. The number of ether oxygens (including phenoxy) is 9. The Bertz CT molecular complexity index is 2340. The van der Waals surface area contributed by atoms with Gasteiger partial charge in [0.25, 0.3) is 0 Å². The summed E-state index contributed by atoms with van der Waals surface area (Å²) in [7, 11) is 0. The van der Waals surface area contributed by atoms with Gasteiger partial charge in [0.05, 0.1) is 32.5 Å². The molecule has 0 radical (unpaired) electrons. The van der Waals surface area contributed by atoms with Gasteiger partial charge >= 0.3 is 53.7 Å². The zero-order valence-corrected chi connectivity index (χ0v) is 46.0. The van der Waals surface area contributed by atoms with Crippen molar-refractivity contribution in [2.75, 3.05) is 19.8 Å². The van der Waals surface area contributed by atoms with Crippen molar-refractivity contribution in [3.8, 4) is 0 Å². The number of hydrogen-bond donors (Lipinski definition) is 0. The molecule has 0 aromatic carbocycles. The van der Waals surface area contributed by atoms with E-state index in [2.05, 4.69) is 0 Å². The minimum absolute atomic E-state index is 0.106. The Morgan fingerprint density at radius 1 is 0.507 bits per heavy atom. The van der Waals surface area contributed by atoms with E-state index in [1.54, 1.807) is 41.5 Å². The first kappa shape index (κ1) is 56.0. The molecule has 6 bridgehead atoms. The Balaban J connectivity index is 0.000000160. The molecule has 408 valence electrons. The second-order valence-corrected chi connectivity index (χ2v) is 26.5. The highest BCUT2D eigenvalue weighted by molar-refractivity contribution is 5.85. The molecule has 0 spiro atoms. The van der Waals surface area contributed by atoms with Crippen molar-refractivity contribution < 1.29 is 85.8 Å². The molecule has 3 saturated heterocycles. The van der Waals surface area contributed by atoms with Crippen LogP contribution in [0.15, 0.2) is 0 Å². The van der Waals surface area contributed by atoms with Gasteiger partial charge in [-0.1, -0.05) is 48.5 Å². The summed E-state index contributed by atoms with van der Waals surface area (Å²) < 4.78 is 48.6. The van der Waals surface area contributed by atoms with Gasteiger partial charge in [-0.25, -0.2) is 14.4 Å². The van der Waals surface area contributed by atoms with Crippen molar-refractivity contribution in [2.45, 2.75) is 205 Å². The molecule has 73 heavy (non-hydrogen) atoms. The Kier molecular flexibility index (Phi) is 14.0. The second-order valence-electron chi connectivity index (χ2n) is 26.5. The van der Waals surface area contributed by atoms with E-state index in [4.69, 9.17) is 42.6 Å². The molecule has 18 heteroatoms. The van der Waals surface area contributed by atoms with Gasteiger partial charge in [0.15, 0.2) is 19.8 Å². The van der Waals surface area contributed by atoms with E-state index >= 15 is 0 Å². The lowest BCUT2D eigenvalue weighted by Gasteiger charge is -2.39. The quantitative estimate of drug-likeness (QED) is 0.117. The molecular formula is C55H80O18. The molecule has 0 aromatic heterocycles. The third-order valence-corrected chi connectivity index (χ3v) is 20.2. The number of carbonyl (C=O) groups is 9. The zero-order chi connectivity index (χ0) is 54.7. The molecule has 15 atom stereocenters.